The number of carbonyl (C=O) groups excluding carboxylic acids is 2. The van der Waals surface area contributed by atoms with Gasteiger partial charge in [0, 0.05) is 30.3 Å². The van der Waals surface area contributed by atoms with Crippen LogP contribution in [0.15, 0.2) is 48.5 Å². The molecule has 1 aliphatic heterocycles. The molecule has 2 amide bonds. The molecule has 1 aliphatic rings. The monoisotopic (exact) mass is 369 g/mol. The van der Waals surface area contributed by atoms with Crippen molar-refractivity contribution >= 4 is 46.2 Å². The number of rotatable bonds is 4. The van der Waals surface area contributed by atoms with Gasteiger partial charge in [0.25, 0.3) is 0 Å². The highest BCUT2D eigenvalue weighted by Gasteiger charge is 2.27. The summed E-state index contributed by atoms with van der Waals surface area (Å²) in [5, 5.41) is 6.58. The number of ether oxygens (including phenoxy) is 1. The average molecular weight is 369 g/mol. The van der Waals surface area contributed by atoms with Gasteiger partial charge in [0.1, 0.15) is 5.75 Å². The molecule has 0 radical (unpaired) electrons. The number of methoxy groups -OCH3 is 1. The molecule has 3 rings (SSSR count). The SMILES string of the molecule is COc1cccc(NC(=S)Nc2ccc(N3C(=O)CCCC3=O)cc2)c1. The van der Waals surface area contributed by atoms with E-state index in [9.17, 15) is 9.59 Å². The second-order valence-electron chi connectivity index (χ2n) is 5.83. The van der Waals surface area contributed by atoms with Gasteiger partial charge in [-0.25, -0.2) is 0 Å². The van der Waals surface area contributed by atoms with E-state index >= 15 is 0 Å². The van der Waals surface area contributed by atoms with Crippen molar-refractivity contribution in [2.75, 3.05) is 22.6 Å². The van der Waals surface area contributed by atoms with Crippen molar-refractivity contribution in [3.63, 3.8) is 0 Å². The van der Waals surface area contributed by atoms with Crippen molar-refractivity contribution in [1.82, 2.24) is 0 Å². The summed E-state index contributed by atoms with van der Waals surface area (Å²) in [5.41, 5.74) is 2.14. The number of thiocarbonyl (C=S) groups is 1. The third-order valence-corrected chi connectivity index (χ3v) is 4.20. The predicted octanol–water partition coefficient (Wildman–Crippen LogP) is 3.55. The minimum absolute atomic E-state index is 0.155. The number of carbonyl (C=O) groups is 2. The van der Waals surface area contributed by atoms with E-state index in [1.807, 2.05) is 24.3 Å². The summed E-state index contributed by atoms with van der Waals surface area (Å²) in [6, 6.07) is 14.5. The van der Waals surface area contributed by atoms with Crippen LogP contribution < -0.4 is 20.3 Å². The Morgan fingerprint density at radius 1 is 1.00 bits per heavy atom. The number of hydrogen-bond donors (Lipinski definition) is 2. The topological polar surface area (TPSA) is 70.7 Å². The number of amides is 2. The lowest BCUT2D eigenvalue weighted by atomic mass is 10.1. The standard InChI is InChI=1S/C19H19N3O3S/c1-25-16-5-2-4-14(12-16)21-19(26)20-13-8-10-15(11-9-13)22-17(23)6-3-7-18(22)24/h2,4-5,8-12H,3,6-7H2,1H3,(H2,20,21,26). The van der Waals surface area contributed by atoms with Crippen LogP contribution in [0.4, 0.5) is 17.1 Å². The Morgan fingerprint density at radius 2 is 1.65 bits per heavy atom. The van der Waals surface area contributed by atoms with Gasteiger partial charge in [0.15, 0.2) is 5.11 Å². The maximum atomic E-state index is 12.0. The highest BCUT2D eigenvalue weighted by atomic mass is 32.1. The van der Waals surface area contributed by atoms with E-state index in [1.165, 1.54) is 4.90 Å². The third-order valence-electron chi connectivity index (χ3n) is 3.99. The lowest BCUT2D eigenvalue weighted by molar-refractivity contribution is -0.129. The highest BCUT2D eigenvalue weighted by molar-refractivity contribution is 7.80. The van der Waals surface area contributed by atoms with Gasteiger partial charge in [0.2, 0.25) is 11.8 Å². The number of benzene rings is 2. The molecule has 0 aliphatic carbocycles. The van der Waals surface area contributed by atoms with E-state index in [0.29, 0.717) is 30.1 Å². The molecule has 1 saturated heterocycles. The fraction of sp³-hybridized carbons (Fsp3) is 0.211. The summed E-state index contributed by atoms with van der Waals surface area (Å²) in [7, 11) is 1.61. The van der Waals surface area contributed by atoms with Gasteiger partial charge < -0.3 is 15.4 Å². The number of hydrogen-bond acceptors (Lipinski definition) is 4. The molecular weight excluding hydrogens is 350 g/mol. The highest BCUT2D eigenvalue weighted by Crippen LogP contribution is 2.24. The van der Waals surface area contributed by atoms with Gasteiger partial charge in [-0.15, -0.1) is 0 Å². The summed E-state index contributed by atoms with van der Waals surface area (Å²) in [6.45, 7) is 0. The van der Waals surface area contributed by atoms with E-state index < -0.39 is 0 Å². The zero-order valence-corrected chi connectivity index (χ0v) is 15.1. The molecule has 0 atom stereocenters. The molecule has 2 aromatic rings. The maximum absolute atomic E-state index is 12.0. The summed E-state index contributed by atoms with van der Waals surface area (Å²) >= 11 is 5.31. The second kappa shape index (κ2) is 7.97. The molecule has 7 heteroatoms. The van der Waals surface area contributed by atoms with Crippen molar-refractivity contribution < 1.29 is 14.3 Å². The largest absolute Gasteiger partial charge is 0.497 e. The van der Waals surface area contributed by atoms with Crippen LogP contribution >= 0.6 is 12.2 Å². The number of imide groups is 1. The van der Waals surface area contributed by atoms with E-state index in [4.69, 9.17) is 17.0 Å². The molecule has 134 valence electrons. The molecule has 2 aromatic carbocycles. The van der Waals surface area contributed by atoms with E-state index in [0.717, 1.165) is 17.1 Å². The minimum atomic E-state index is -0.155. The van der Waals surface area contributed by atoms with E-state index in [1.54, 1.807) is 31.4 Å². The summed E-state index contributed by atoms with van der Waals surface area (Å²) < 4.78 is 5.18. The van der Waals surface area contributed by atoms with Gasteiger partial charge in [-0.05, 0) is 55.0 Å². The normalized spacial score (nSPS) is 14.1. The lowest BCUT2D eigenvalue weighted by Gasteiger charge is -2.25. The molecule has 26 heavy (non-hydrogen) atoms. The fourth-order valence-electron chi connectivity index (χ4n) is 2.73. The first-order valence-corrected chi connectivity index (χ1v) is 8.65. The Labute approximate surface area is 157 Å². The number of nitrogens with one attached hydrogen (secondary N) is 2. The lowest BCUT2D eigenvalue weighted by Crippen LogP contribution is -2.40. The third kappa shape index (κ3) is 4.18. The molecule has 1 heterocycles. The average Bonchev–Trinajstić information content (AvgIpc) is 2.63. The van der Waals surface area contributed by atoms with Crippen molar-refractivity contribution in [2.45, 2.75) is 19.3 Å². The van der Waals surface area contributed by atoms with Gasteiger partial charge in [-0.2, -0.15) is 0 Å². The first-order chi connectivity index (χ1) is 12.6. The van der Waals surface area contributed by atoms with Crippen molar-refractivity contribution in [2.24, 2.45) is 0 Å². The molecular formula is C19H19N3O3S. The molecule has 0 unspecified atom stereocenters. The van der Waals surface area contributed by atoms with Crippen LogP contribution in [0, 0.1) is 0 Å². The molecule has 0 spiro atoms. The Balaban J connectivity index is 1.64. The van der Waals surface area contributed by atoms with E-state index in [2.05, 4.69) is 10.6 Å². The minimum Gasteiger partial charge on any atom is -0.497 e. The van der Waals surface area contributed by atoms with Gasteiger partial charge >= 0.3 is 0 Å². The van der Waals surface area contributed by atoms with Gasteiger partial charge in [0.05, 0.1) is 12.8 Å². The zero-order valence-electron chi connectivity index (χ0n) is 14.3. The van der Waals surface area contributed by atoms with Crippen LogP contribution in [0.5, 0.6) is 5.75 Å². The quantitative estimate of drug-likeness (QED) is 0.634. The van der Waals surface area contributed by atoms with Crippen LogP contribution in [0.2, 0.25) is 0 Å². The predicted molar refractivity (Wildman–Crippen MR) is 106 cm³/mol. The smallest absolute Gasteiger partial charge is 0.233 e. The first-order valence-electron chi connectivity index (χ1n) is 8.25. The molecule has 1 fully saturated rings. The maximum Gasteiger partial charge on any atom is 0.233 e. The number of anilines is 3. The Hall–Kier alpha value is -2.93. The fourth-order valence-corrected chi connectivity index (χ4v) is 2.97. The van der Waals surface area contributed by atoms with Crippen LogP contribution in [0.3, 0.4) is 0 Å². The van der Waals surface area contributed by atoms with Crippen LogP contribution in [-0.4, -0.2) is 24.0 Å². The van der Waals surface area contributed by atoms with E-state index in [-0.39, 0.29) is 11.8 Å². The zero-order chi connectivity index (χ0) is 18.5. The summed E-state index contributed by atoms with van der Waals surface area (Å²) in [5.74, 6) is 0.423. The summed E-state index contributed by atoms with van der Waals surface area (Å²) in [4.78, 5) is 25.2. The summed E-state index contributed by atoms with van der Waals surface area (Å²) in [6.07, 6.45) is 1.43. The second-order valence-corrected chi connectivity index (χ2v) is 6.24. The molecule has 2 N–H and O–H groups in total. The first kappa shape index (κ1) is 17.9. The van der Waals surface area contributed by atoms with Gasteiger partial charge in [-0.1, -0.05) is 6.07 Å². The Kier molecular flexibility index (Phi) is 5.48. The Morgan fingerprint density at radius 3 is 2.31 bits per heavy atom. The van der Waals surface area contributed by atoms with Crippen LogP contribution in [0.1, 0.15) is 19.3 Å². The van der Waals surface area contributed by atoms with Crippen molar-refractivity contribution in [3.8, 4) is 5.75 Å². The van der Waals surface area contributed by atoms with Crippen LogP contribution in [0.25, 0.3) is 0 Å². The van der Waals surface area contributed by atoms with Gasteiger partial charge in [-0.3, -0.25) is 14.5 Å². The number of piperidine rings is 1. The molecule has 0 saturated carbocycles. The molecule has 0 bridgehead atoms. The van der Waals surface area contributed by atoms with Crippen molar-refractivity contribution in [3.05, 3.63) is 48.5 Å². The molecule has 6 nitrogen and oxygen atoms in total. The number of nitrogens with zero attached hydrogens (tertiary/aromatic N) is 1. The molecule has 0 aromatic heterocycles. The van der Waals surface area contributed by atoms with Crippen LogP contribution in [-0.2, 0) is 9.59 Å². The Bertz CT molecular complexity index is 820. The van der Waals surface area contributed by atoms with Crippen molar-refractivity contribution in [1.29, 1.82) is 0 Å².